The number of halogens is 1. The first kappa shape index (κ1) is 20.9. The Morgan fingerprint density at radius 2 is 1.83 bits per heavy atom. The van der Waals surface area contributed by atoms with E-state index < -0.39 is 17.7 Å². The predicted molar refractivity (Wildman–Crippen MR) is 110 cm³/mol. The molecule has 6 nitrogen and oxygen atoms in total. The molecule has 1 aliphatic heterocycles. The molecule has 1 heterocycles. The van der Waals surface area contributed by atoms with Gasteiger partial charge in [-0.2, -0.15) is 0 Å². The Kier molecular flexibility index (Phi) is 6.25. The molecule has 0 radical (unpaired) electrons. The van der Waals surface area contributed by atoms with Gasteiger partial charge in [0.2, 0.25) is 0 Å². The number of rotatable bonds is 6. The van der Waals surface area contributed by atoms with Gasteiger partial charge in [-0.1, -0.05) is 23.7 Å². The number of methoxy groups -OCH3 is 2. The van der Waals surface area contributed by atoms with Gasteiger partial charge in [0.15, 0.2) is 0 Å². The molecule has 1 fully saturated rings. The fraction of sp³-hybridized carbons (Fsp3) is 0.273. The van der Waals surface area contributed by atoms with Crippen molar-refractivity contribution in [3.05, 3.63) is 69.8 Å². The van der Waals surface area contributed by atoms with E-state index in [0.717, 1.165) is 5.56 Å². The van der Waals surface area contributed by atoms with Crippen LogP contribution < -0.4 is 4.74 Å². The Morgan fingerprint density at radius 1 is 1.14 bits per heavy atom. The minimum absolute atomic E-state index is 0.0398. The van der Waals surface area contributed by atoms with Crippen LogP contribution in [0.25, 0.3) is 5.76 Å². The van der Waals surface area contributed by atoms with Crippen LogP contribution in [0.1, 0.15) is 22.7 Å². The van der Waals surface area contributed by atoms with E-state index in [2.05, 4.69) is 0 Å². The average Bonchev–Trinajstić information content (AvgIpc) is 2.96. The van der Waals surface area contributed by atoms with Gasteiger partial charge in [-0.25, -0.2) is 0 Å². The molecule has 1 amide bonds. The van der Waals surface area contributed by atoms with Crippen molar-refractivity contribution >= 4 is 29.1 Å². The fourth-order valence-electron chi connectivity index (χ4n) is 3.47. The average molecular weight is 416 g/mol. The molecule has 3 rings (SSSR count). The van der Waals surface area contributed by atoms with E-state index in [4.69, 9.17) is 21.1 Å². The van der Waals surface area contributed by atoms with E-state index in [9.17, 15) is 14.7 Å². The third-order valence-corrected chi connectivity index (χ3v) is 5.18. The molecule has 0 bridgehead atoms. The summed E-state index contributed by atoms with van der Waals surface area (Å²) in [6.45, 7) is 2.31. The second-order valence-electron chi connectivity index (χ2n) is 6.72. The molecule has 0 unspecified atom stereocenters. The number of benzene rings is 2. The van der Waals surface area contributed by atoms with Crippen LogP contribution in [-0.4, -0.2) is 49.1 Å². The molecule has 29 heavy (non-hydrogen) atoms. The molecule has 2 aromatic carbocycles. The van der Waals surface area contributed by atoms with Crippen LogP contribution >= 0.6 is 11.6 Å². The summed E-state index contributed by atoms with van der Waals surface area (Å²) in [6, 6.07) is 11.2. The van der Waals surface area contributed by atoms with Crippen molar-refractivity contribution < 1.29 is 24.2 Å². The number of ether oxygens (including phenoxy) is 2. The lowest BCUT2D eigenvalue weighted by atomic mass is 9.95. The predicted octanol–water partition coefficient (Wildman–Crippen LogP) is 3.73. The summed E-state index contributed by atoms with van der Waals surface area (Å²) in [5.41, 5.74) is 1.95. The zero-order valence-corrected chi connectivity index (χ0v) is 17.2. The molecule has 1 saturated heterocycles. The number of likely N-dealkylation sites (tertiary alicyclic amines) is 1. The van der Waals surface area contributed by atoms with E-state index in [1.54, 1.807) is 49.6 Å². The minimum atomic E-state index is -0.732. The van der Waals surface area contributed by atoms with Crippen LogP contribution in [0, 0.1) is 6.92 Å². The standard InChI is InChI=1S/C22H22ClNO5/c1-13-12-15(6-9-17(13)29-3)20(25)18-19(14-4-7-16(23)8-5-14)24(10-11-28-2)22(27)21(18)26/h4-9,12,19,25H,10-11H2,1-3H3/t19-/m1/s1. The molecule has 7 heteroatoms. The maximum Gasteiger partial charge on any atom is 0.295 e. The van der Waals surface area contributed by atoms with Gasteiger partial charge >= 0.3 is 0 Å². The molecular formula is C22H22ClNO5. The number of hydrogen-bond acceptors (Lipinski definition) is 5. The highest BCUT2D eigenvalue weighted by Crippen LogP contribution is 2.39. The summed E-state index contributed by atoms with van der Waals surface area (Å²) in [7, 11) is 3.08. The monoisotopic (exact) mass is 415 g/mol. The number of carbonyl (C=O) groups excluding carboxylic acids is 2. The number of nitrogens with zero attached hydrogens (tertiary/aromatic N) is 1. The summed E-state index contributed by atoms with van der Waals surface area (Å²) in [6.07, 6.45) is 0. The summed E-state index contributed by atoms with van der Waals surface area (Å²) in [4.78, 5) is 27.0. The third-order valence-electron chi connectivity index (χ3n) is 4.93. The smallest absolute Gasteiger partial charge is 0.295 e. The van der Waals surface area contributed by atoms with Gasteiger partial charge in [-0.3, -0.25) is 9.59 Å². The second-order valence-corrected chi connectivity index (χ2v) is 7.16. The molecule has 0 aromatic heterocycles. The van der Waals surface area contributed by atoms with Crippen molar-refractivity contribution in [3.63, 3.8) is 0 Å². The van der Waals surface area contributed by atoms with Gasteiger partial charge < -0.3 is 19.5 Å². The summed E-state index contributed by atoms with van der Waals surface area (Å²) < 4.78 is 10.3. The van der Waals surface area contributed by atoms with Crippen LogP contribution in [0.5, 0.6) is 5.75 Å². The highest BCUT2D eigenvalue weighted by atomic mass is 35.5. The topological polar surface area (TPSA) is 76.1 Å². The Balaban J connectivity index is 2.15. The normalized spacial score (nSPS) is 18.3. The SMILES string of the molecule is COCCN1C(=O)C(=O)C(=C(O)c2ccc(OC)c(C)c2)[C@H]1c1ccc(Cl)cc1. The number of aryl methyl sites for hydroxylation is 1. The van der Waals surface area contributed by atoms with E-state index in [0.29, 0.717) is 21.9 Å². The number of ketones is 1. The van der Waals surface area contributed by atoms with E-state index in [1.807, 2.05) is 6.92 Å². The second kappa shape index (κ2) is 8.68. The van der Waals surface area contributed by atoms with Gasteiger partial charge in [0, 0.05) is 24.2 Å². The van der Waals surface area contributed by atoms with Crippen molar-refractivity contribution in [2.45, 2.75) is 13.0 Å². The molecule has 2 aromatic rings. The minimum Gasteiger partial charge on any atom is -0.507 e. The number of hydrogen-bond donors (Lipinski definition) is 1. The lowest BCUT2D eigenvalue weighted by Crippen LogP contribution is -2.32. The van der Waals surface area contributed by atoms with Crippen LogP contribution in [-0.2, 0) is 14.3 Å². The summed E-state index contributed by atoms with van der Waals surface area (Å²) in [5, 5.41) is 11.5. The number of amides is 1. The number of aliphatic hydroxyl groups excluding tert-OH is 1. The zero-order valence-electron chi connectivity index (χ0n) is 16.4. The van der Waals surface area contributed by atoms with Crippen LogP contribution in [0.4, 0.5) is 0 Å². The van der Waals surface area contributed by atoms with Gasteiger partial charge in [0.25, 0.3) is 11.7 Å². The Labute approximate surface area is 174 Å². The molecular weight excluding hydrogens is 394 g/mol. The third kappa shape index (κ3) is 3.99. The van der Waals surface area contributed by atoms with Gasteiger partial charge in [0.05, 0.1) is 25.3 Å². The number of aliphatic hydroxyl groups is 1. The highest BCUT2D eigenvalue weighted by molar-refractivity contribution is 6.46. The summed E-state index contributed by atoms with van der Waals surface area (Å²) in [5.74, 6) is -0.967. The first-order valence-corrected chi connectivity index (χ1v) is 9.44. The van der Waals surface area contributed by atoms with E-state index >= 15 is 0 Å². The van der Waals surface area contributed by atoms with Crippen molar-refractivity contribution in [1.82, 2.24) is 4.90 Å². The molecule has 0 spiro atoms. The van der Waals surface area contributed by atoms with Gasteiger partial charge in [-0.15, -0.1) is 0 Å². The molecule has 1 aliphatic rings. The molecule has 152 valence electrons. The molecule has 1 atom stereocenters. The van der Waals surface area contributed by atoms with Gasteiger partial charge in [-0.05, 0) is 48.4 Å². The fourth-order valence-corrected chi connectivity index (χ4v) is 3.60. The first-order valence-electron chi connectivity index (χ1n) is 9.06. The highest BCUT2D eigenvalue weighted by Gasteiger charge is 2.45. The Bertz CT molecular complexity index is 968. The Morgan fingerprint density at radius 3 is 2.41 bits per heavy atom. The van der Waals surface area contributed by atoms with Crippen molar-refractivity contribution in [3.8, 4) is 5.75 Å². The lowest BCUT2D eigenvalue weighted by Gasteiger charge is -2.25. The maximum absolute atomic E-state index is 12.9. The maximum atomic E-state index is 12.9. The van der Waals surface area contributed by atoms with Crippen LogP contribution in [0.2, 0.25) is 5.02 Å². The molecule has 0 saturated carbocycles. The van der Waals surface area contributed by atoms with Crippen molar-refractivity contribution in [1.29, 1.82) is 0 Å². The van der Waals surface area contributed by atoms with E-state index in [-0.39, 0.29) is 24.5 Å². The van der Waals surface area contributed by atoms with Crippen LogP contribution in [0.3, 0.4) is 0 Å². The zero-order chi connectivity index (χ0) is 21.1. The quantitative estimate of drug-likeness (QED) is 0.442. The lowest BCUT2D eigenvalue weighted by molar-refractivity contribution is -0.140. The molecule has 0 aliphatic carbocycles. The van der Waals surface area contributed by atoms with Crippen molar-refractivity contribution in [2.75, 3.05) is 27.4 Å². The van der Waals surface area contributed by atoms with Gasteiger partial charge in [0.1, 0.15) is 11.5 Å². The largest absolute Gasteiger partial charge is 0.507 e. The number of Topliss-reactive ketones (excluding diaryl/α,β-unsaturated/α-hetero) is 1. The van der Waals surface area contributed by atoms with Crippen molar-refractivity contribution in [2.24, 2.45) is 0 Å². The van der Waals surface area contributed by atoms with E-state index in [1.165, 1.54) is 12.0 Å². The summed E-state index contributed by atoms with van der Waals surface area (Å²) >= 11 is 6.00. The first-order chi connectivity index (χ1) is 13.9. The Hall–Kier alpha value is -2.83. The van der Waals surface area contributed by atoms with Crippen LogP contribution in [0.15, 0.2) is 48.0 Å². The number of carbonyl (C=O) groups is 2. The molecule has 1 N–H and O–H groups in total.